The standard InChI is InChI=1S/C18H22ClNO/c1-14-11-15(2)18(17(19)12-14)21-10-9-20(3)13-16-7-5-4-6-8-16/h4-8,11-12H,9-10,13H2,1-3H3/p+1. The molecule has 0 bridgehead atoms. The third kappa shape index (κ3) is 4.76. The summed E-state index contributed by atoms with van der Waals surface area (Å²) in [6, 6.07) is 14.6. The van der Waals surface area contributed by atoms with Crippen LogP contribution in [0.5, 0.6) is 5.75 Å². The summed E-state index contributed by atoms with van der Waals surface area (Å²) in [5, 5.41) is 0.702. The molecule has 0 saturated heterocycles. The van der Waals surface area contributed by atoms with Gasteiger partial charge in [-0.3, -0.25) is 0 Å². The number of benzene rings is 2. The average molecular weight is 305 g/mol. The zero-order valence-corrected chi connectivity index (χ0v) is 13.7. The van der Waals surface area contributed by atoms with Crippen molar-refractivity contribution in [2.24, 2.45) is 0 Å². The molecule has 0 spiro atoms. The van der Waals surface area contributed by atoms with Gasteiger partial charge in [0.15, 0.2) is 0 Å². The third-order valence-corrected chi connectivity index (χ3v) is 3.78. The van der Waals surface area contributed by atoms with E-state index >= 15 is 0 Å². The minimum absolute atomic E-state index is 0.669. The van der Waals surface area contributed by atoms with Gasteiger partial charge in [-0.2, -0.15) is 0 Å². The van der Waals surface area contributed by atoms with Crippen LogP contribution in [0.4, 0.5) is 0 Å². The lowest BCUT2D eigenvalue weighted by Crippen LogP contribution is -3.08. The Kier molecular flexibility index (Phi) is 5.66. The molecule has 0 radical (unpaired) electrons. The summed E-state index contributed by atoms with van der Waals surface area (Å²) in [5.74, 6) is 0.815. The first kappa shape index (κ1) is 15.9. The molecule has 0 heterocycles. The Balaban J connectivity index is 1.84. The Morgan fingerprint density at radius 3 is 2.48 bits per heavy atom. The molecule has 1 atom stereocenters. The second kappa shape index (κ2) is 7.48. The molecule has 21 heavy (non-hydrogen) atoms. The topological polar surface area (TPSA) is 13.7 Å². The summed E-state index contributed by atoms with van der Waals surface area (Å²) < 4.78 is 5.88. The summed E-state index contributed by atoms with van der Waals surface area (Å²) in [6.45, 7) is 6.70. The van der Waals surface area contributed by atoms with E-state index in [1.807, 2.05) is 26.0 Å². The van der Waals surface area contributed by atoms with Crippen LogP contribution in [-0.4, -0.2) is 20.2 Å². The number of hydrogen-bond donors (Lipinski definition) is 1. The maximum absolute atomic E-state index is 6.25. The lowest BCUT2D eigenvalue weighted by molar-refractivity contribution is -0.893. The van der Waals surface area contributed by atoms with Crippen LogP contribution in [0, 0.1) is 13.8 Å². The van der Waals surface area contributed by atoms with Crippen molar-refractivity contribution in [3.8, 4) is 5.75 Å². The Hall–Kier alpha value is -1.51. The predicted octanol–water partition coefficient (Wildman–Crippen LogP) is 3.05. The number of ether oxygens (including phenoxy) is 1. The molecule has 0 saturated carbocycles. The van der Waals surface area contributed by atoms with Crippen LogP contribution in [-0.2, 0) is 6.54 Å². The highest BCUT2D eigenvalue weighted by molar-refractivity contribution is 6.32. The van der Waals surface area contributed by atoms with Crippen molar-refractivity contribution in [3.05, 3.63) is 64.2 Å². The van der Waals surface area contributed by atoms with E-state index in [-0.39, 0.29) is 0 Å². The summed E-state index contributed by atoms with van der Waals surface area (Å²) in [5.41, 5.74) is 3.61. The highest BCUT2D eigenvalue weighted by atomic mass is 35.5. The molecule has 1 N–H and O–H groups in total. The molecule has 2 aromatic carbocycles. The molecular weight excluding hydrogens is 282 g/mol. The van der Waals surface area contributed by atoms with Crippen LogP contribution in [0.15, 0.2) is 42.5 Å². The van der Waals surface area contributed by atoms with Crippen molar-refractivity contribution in [2.75, 3.05) is 20.2 Å². The van der Waals surface area contributed by atoms with Crippen LogP contribution in [0.25, 0.3) is 0 Å². The number of aryl methyl sites for hydroxylation is 2. The fourth-order valence-electron chi connectivity index (χ4n) is 2.45. The SMILES string of the molecule is Cc1cc(C)c(OCC[NH+](C)Cc2ccccc2)c(Cl)c1. The highest BCUT2D eigenvalue weighted by Crippen LogP contribution is 2.29. The minimum Gasteiger partial charge on any atom is -0.486 e. The van der Waals surface area contributed by atoms with Crippen molar-refractivity contribution < 1.29 is 9.64 Å². The Morgan fingerprint density at radius 1 is 1.10 bits per heavy atom. The van der Waals surface area contributed by atoms with E-state index in [2.05, 4.69) is 37.4 Å². The van der Waals surface area contributed by atoms with Crippen molar-refractivity contribution in [3.63, 3.8) is 0 Å². The fraction of sp³-hybridized carbons (Fsp3) is 0.333. The Morgan fingerprint density at radius 2 is 1.81 bits per heavy atom. The normalized spacial score (nSPS) is 12.2. The van der Waals surface area contributed by atoms with Crippen LogP contribution in [0.2, 0.25) is 5.02 Å². The largest absolute Gasteiger partial charge is 0.486 e. The van der Waals surface area contributed by atoms with Crippen LogP contribution < -0.4 is 9.64 Å². The summed E-state index contributed by atoms with van der Waals surface area (Å²) in [6.07, 6.45) is 0. The molecule has 2 nitrogen and oxygen atoms in total. The summed E-state index contributed by atoms with van der Waals surface area (Å²) in [4.78, 5) is 1.42. The molecule has 0 fully saturated rings. The number of nitrogens with one attached hydrogen (secondary N) is 1. The number of quaternary nitrogens is 1. The monoisotopic (exact) mass is 304 g/mol. The second-order valence-corrected chi connectivity index (χ2v) is 6.02. The van der Waals surface area contributed by atoms with E-state index in [1.54, 1.807) is 0 Å². The van der Waals surface area contributed by atoms with Gasteiger partial charge in [-0.25, -0.2) is 0 Å². The zero-order valence-electron chi connectivity index (χ0n) is 12.9. The van der Waals surface area contributed by atoms with Gasteiger partial charge in [-0.05, 0) is 31.0 Å². The molecule has 2 rings (SSSR count). The van der Waals surface area contributed by atoms with Gasteiger partial charge >= 0.3 is 0 Å². The molecule has 0 aromatic heterocycles. The zero-order chi connectivity index (χ0) is 15.2. The van der Waals surface area contributed by atoms with Gasteiger partial charge in [0.2, 0.25) is 0 Å². The van der Waals surface area contributed by atoms with Gasteiger partial charge in [0.1, 0.15) is 25.4 Å². The van der Waals surface area contributed by atoms with Crippen molar-refractivity contribution in [1.82, 2.24) is 0 Å². The maximum atomic E-state index is 6.25. The van der Waals surface area contributed by atoms with Crippen LogP contribution in [0.1, 0.15) is 16.7 Å². The van der Waals surface area contributed by atoms with E-state index in [9.17, 15) is 0 Å². The first-order valence-corrected chi connectivity index (χ1v) is 7.69. The van der Waals surface area contributed by atoms with Crippen molar-refractivity contribution >= 4 is 11.6 Å². The minimum atomic E-state index is 0.669. The number of rotatable bonds is 6. The molecule has 0 aliphatic heterocycles. The van der Waals surface area contributed by atoms with E-state index in [0.717, 1.165) is 30.0 Å². The smallest absolute Gasteiger partial charge is 0.141 e. The number of likely N-dealkylation sites (N-methyl/N-ethyl adjacent to an activating group) is 1. The van der Waals surface area contributed by atoms with Gasteiger partial charge in [0, 0.05) is 5.56 Å². The van der Waals surface area contributed by atoms with Gasteiger partial charge in [-0.15, -0.1) is 0 Å². The average Bonchev–Trinajstić information content (AvgIpc) is 2.42. The molecule has 112 valence electrons. The van der Waals surface area contributed by atoms with Gasteiger partial charge in [-0.1, -0.05) is 48.0 Å². The maximum Gasteiger partial charge on any atom is 0.141 e. The molecule has 2 aromatic rings. The number of halogens is 1. The first-order valence-electron chi connectivity index (χ1n) is 7.31. The molecule has 0 aliphatic carbocycles. The van der Waals surface area contributed by atoms with E-state index < -0.39 is 0 Å². The van der Waals surface area contributed by atoms with Gasteiger partial charge in [0.05, 0.1) is 12.1 Å². The van der Waals surface area contributed by atoms with Gasteiger partial charge < -0.3 is 9.64 Å². The molecule has 0 aliphatic rings. The summed E-state index contributed by atoms with van der Waals surface area (Å²) >= 11 is 6.25. The lowest BCUT2D eigenvalue weighted by Gasteiger charge is -2.16. The molecule has 0 amide bonds. The number of hydrogen-bond acceptors (Lipinski definition) is 1. The molecule has 1 unspecified atom stereocenters. The Labute approximate surface area is 132 Å². The third-order valence-electron chi connectivity index (χ3n) is 3.50. The summed E-state index contributed by atoms with van der Waals surface area (Å²) in [7, 11) is 2.18. The van der Waals surface area contributed by atoms with Crippen molar-refractivity contribution in [2.45, 2.75) is 20.4 Å². The highest BCUT2D eigenvalue weighted by Gasteiger charge is 2.08. The van der Waals surface area contributed by atoms with E-state index in [1.165, 1.54) is 10.5 Å². The van der Waals surface area contributed by atoms with Crippen molar-refractivity contribution in [1.29, 1.82) is 0 Å². The fourth-order valence-corrected chi connectivity index (χ4v) is 2.82. The molecular formula is C18H23ClNO+. The van der Waals surface area contributed by atoms with E-state index in [4.69, 9.17) is 16.3 Å². The van der Waals surface area contributed by atoms with Gasteiger partial charge in [0.25, 0.3) is 0 Å². The predicted molar refractivity (Wildman–Crippen MR) is 88.3 cm³/mol. The quantitative estimate of drug-likeness (QED) is 0.866. The molecule has 3 heteroatoms. The Bertz CT molecular complexity index is 560. The van der Waals surface area contributed by atoms with Crippen LogP contribution >= 0.6 is 11.6 Å². The van der Waals surface area contributed by atoms with E-state index in [0.29, 0.717) is 11.6 Å². The first-order chi connectivity index (χ1) is 10.1. The second-order valence-electron chi connectivity index (χ2n) is 5.61. The lowest BCUT2D eigenvalue weighted by atomic mass is 10.1. The van der Waals surface area contributed by atoms with Crippen LogP contribution in [0.3, 0.4) is 0 Å².